The minimum atomic E-state index is -1.17. The summed E-state index contributed by atoms with van der Waals surface area (Å²) in [6.45, 7) is 1.61. The van der Waals surface area contributed by atoms with E-state index in [0.29, 0.717) is 22.0 Å². The van der Waals surface area contributed by atoms with E-state index in [9.17, 15) is 19.8 Å². The number of hydrogen-bond acceptors (Lipinski definition) is 4. The van der Waals surface area contributed by atoms with Crippen molar-refractivity contribution in [3.63, 3.8) is 0 Å². The Morgan fingerprint density at radius 1 is 1.13 bits per heavy atom. The summed E-state index contributed by atoms with van der Waals surface area (Å²) in [4.78, 5) is 26.2. The summed E-state index contributed by atoms with van der Waals surface area (Å²) in [5.74, 6) is -1.60. The first kappa shape index (κ1) is 22.6. The van der Waals surface area contributed by atoms with Gasteiger partial charge in [-0.15, -0.1) is 0 Å². The number of nitrogens with zero attached hydrogens (tertiary/aromatic N) is 1. The normalized spacial score (nSPS) is 22.7. The van der Waals surface area contributed by atoms with Crippen LogP contribution in [0.3, 0.4) is 0 Å². The van der Waals surface area contributed by atoms with Crippen molar-refractivity contribution in [1.29, 1.82) is 0 Å². The number of aliphatic hydroxyl groups is 1. The monoisotopic (exact) mass is 451 g/mol. The summed E-state index contributed by atoms with van der Waals surface area (Å²) in [5.41, 5.74) is 1.47. The number of halogens is 2. The second-order valence-electron chi connectivity index (χ2n) is 7.18. The van der Waals surface area contributed by atoms with Gasteiger partial charge in [0.1, 0.15) is 12.2 Å². The molecule has 1 amide bonds. The van der Waals surface area contributed by atoms with Crippen molar-refractivity contribution in [2.24, 2.45) is 0 Å². The summed E-state index contributed by atoms with van der Waals surface area (Å²) in [6, 6.07) is 13.0. The molecule has 2 unspecified atom stereocenters. The first-order valence-corrected chi connectivity index (χ1v) is 10.4. The molecule has 1 fully saturated rings. The number of rotatable bonds is 7. The molecule has 1 aliphatic rings. The molecule has 1 heterocycles. The first-order chi connectivity index (χ1) is 14.3. The van der Waals surface area contributed by atoms with Gasteiger partial charge in [0.2, 0.25) is 0 Å². The van der Waals surface area contributed by atoms with Crippen LogP contribution in [0.2, 0.25) is 10.0 Å². The Bertz CT molecular complexity index is 901. The molecule has 0 saturated carbocycles. The number of hydrogen-bond donors (Lipinski definition) is 2. The highest BCUT2D eigenvalue weighted by molar-refractivity contribution is 6.30. The molecule has 0 bridgehead atoms. The highest BCUT2D eigenvalue weighted by atomic mass is 35.5. The Kier molecular flexibility index (Phi) is 7.36. The number of aliphatic carboxylic acids is 1. The molecule has 1 saturated heterocycles. The summed E-state index contributed by atoms with van der Waals surface area (Å²) in [5, 5.41) is 20.3. The number of benzene rings is 2. The smallest absolute Gasteiger partial charge is 0.306 e. The van der Waals surface area contributed by atoms with E-state index in [-0.39, 0.29) is 6.61 Å². The summed E-state index contributed by atoms with van der Waals surface area (Å²) in [6.07, 6.45) is -1.82. The standard InChI is InChI=1S/C22H23Cl2NO5/c1-2-17(12-26)25-20(13-6-8-15(23)9-7-13)21(14-4-3-5-16(24)10-14)30-18(22(25)29)11-19(27)28/h3-10,17-18,20-21,26H,2,11-12H2,1H3,(H,27,28)/t17?,18-,20-,21?/m1/s1. The van der Waals surface area contributed by atoms with Gasteiger partial charge >= 0.3 is 5.97 Å². The van der Waals surface area contributed by atoms with E-state index >= 15 is 0 Å². The van der Waals surface area contributed by atoms with Gasteiger partial charge in [0.25, 0.3) is 5.91 Å². The maximum absolute atomic E-state index is 13.3. The van der Waals surface area contributed by atoms with E-state index < -0.39 is 42.6 Å². The zero-order valence-electron chi connectivity index (χ0n) is 16.4. The van der Waals surface area contributed by atoms with Crippen LogP contribution in [0.15, 0.2) is 48.5 Å². The number of morpholine rings is 1. The van der Waals surface area contributed by atoms with Crippen LogP contribution in [0, 0.1) is 0 Å². The predicted octanol–water partition coefficient (Wildman–Crippen LogP) is 4.25. The van der Waals surface area contributed by atoms with E-state index in [4.69, 9.17) is 27.9 Å². The van der Waals surface area contributed by atoms with Crippen molar-refractivity contribution in [2.45, 2.75) is 44.1 Å². The predicted molar refractivity (Wildman–Crippen MR) is 114 cm³/mol. The van der Waals surface area contributed by atoms with E-state index in [1.807, 2.05) is 13.0 Å². The molecule has 8 heteroatoms. The fourth-order valence-electron chi connectivity index (χ4n) is 3.81. The van der Waals surface area contributed by atoms with Gasteiger partial charge < -0.3 is 19.8 Å². The van der Waals surface area contributed by atoms with E-state index in [1.165, 1.54) is 0 Å². The second kappa shape index (κ2) is 9.79. The van der Waals surface area contributed by atoms with Crippen LogP contribution < -0.4 is 0 Å². The molecule has 2 aromatic rings. The maximum Gasteiger partial charge on any atom is 0.306 e. The molecule has 2 aromatic carbocycles. The number of carboxylic acid groups (broad SMARTS) is 1. The number of carbonyl (C=O) groups excluding carboxylic acids is 1. The SMILES string of the molecule is CCC(CO)N1C(=O)[C@@H](CC(=O)O)OC(c2cccc(Cl)c2)[C@H]1c1ccc(Cl)cc1. The van der Waals surface area contributed by atoms with Gasteiger partial charge in [-0.2, -0.15) is 0 Å². The largest absolute Gasteiger partial charge is 0.481 e. The van der Waals surface area contributed by atoms with Crippen molar-refractivity contribution in [3.05, 3.63) is 69.7 Å². The maximum atomic E-state index is 13.3. The number of aliphatic hydroxyl groups excluding tert-OH is 1. The van der Waals surface area contributed by atoms with Crippen LogP contribution in [0.25, 0.3) is 0 Å². The molecule has 0 spiro atoms. The van der Waals surface area contributed by atoms with Gasteiger partial charge in [-0.05, 0) is 41.8 Å². The zero-order chi connectivity index (χ0) is 21.8. The molecule has 0 aliphatic carbocycles. The minimum Gasteiger partial charge on any atom is -0.481 e. The third kappa shape index (κ3) is 4.78. The lowest BCUT2D eigenvalue weighted by molar-refractivity contribution is -0.184. The van der Waals surface area contributed by atoms with Gasteiger partial charge in [0.05, 0.1) is 25.1 Å². The zero-order valence-corrected chi connectivity index (χ0v) is 17.9. The number of ether oxygens (including phenoxy) is 1. The van der Waals surface area contributed by atoms with Crippen molar-refractivity contribution < 1.29 is 24.5 Å². The van der Waals surface area contributed by atoms with Crippen LogP contribution in [0.4, 0.5) is 0 Å². The molecule has 160 valence electrons. The summed E-state index contributed by atoms with van der Waals surface area (Å²) in [7, 11) is 0. The Morgan fingerprint density at radius 3 is 2.40 bits per heavy atom. The molecule has 30 heavy (non-hydrogen) atoms. The van der Waals surface area contributed by atoms with Crippen LogP contribution in [-0.2, 0) is 14.3 Å². The first-order valence-electron chi connectivity index (χ1n) is 9.66. The number of carbonyl (C=O) groups is 2. The Morgan fingerprint density at radius 2 is 1.83 bits per heavy atom. The second-order valence-corrected chi connectivity index (χ2v) is 8.06. The van der Waals surface area contributed by atoms with Crippen molar-refractivity contribution in [1.82, 2.24) is 4.90 Å². The van der Waals surface area contributed by atoms with Crippen molar-refractivity contribution in [2.75, 3.05) is 6.61 Å². The molecule has 0 aromatic heterocycles. The highest BCUT2D eigenvalue weighted by Gasteiger charge is 2.46. The van der Waals surface area contributed by atoms with Crippen molar-refractivity contribution in [3.8, 4) is 0 Å². The third-order valence-electron chi connectivity index (χ3n) is 5.25. The molecule has 2 N–H and O–H groups in total. The fourth-order valence-corrected chi connectivity index (χ4v) is 4.14. The average Bonchev–Trinajstić information content (AvgIpc) is 2.71. The van der Waals surface area contributed by atoms with Crippen LogP contribution in [0.5, 0.6) is 0 Å². The summed E-state index contributed by atoms with van der Waals surface area (Å²) >= 11 is 12.2. The highest BCUT2D eigenvalue weighted by Crippen LogP contribution is 2.44. The Balaban J connectivity index is 2.16. The van der Waals surface area contributed by atoms with E-state index in [1.54, 1.807) is 47.4 Å². The third-order valence-corrected chi connectivity index (χ3v) is 5.74. The van der Waals surface area contributed by atoms with Gasteiger partial charge in [-0.1, -0.05) is 54.4 Å². The average molecular weight is 452 g/mol. The molecule has 6 nitrogen and oxygen atoms in total. The topological polar surface area (TPSA) is 87.1 Å². The lowest BCUT2D eigenvalue weighted by Crippen LogP contribution is -2.56. The molecule has 1 aliphatic heterocycles. The quantitative estimate of drug-likeness (QED) is 0.656. The van der Waals surface area contributed by atoms with E-state index in [2.05, 4.69) is 0 Å². The van der Waals surface area contributed by atoms with Gasteiger partial charge in [-0.25, -0.2) is 0 Å². The molecular weight excluding hydrogens is 429 g/mol. The summed E-state index contributed by atoms with van der Waals surface area (Å²) < 4.78 is 6.07. The minimum absolute atomic E-state index is 0.256. The van der Waals surface area contributed by atoms with Gasteiger partial charge in [-0.3, -0.25) is 9.59 Å². The molecule has 3 rings (SSSR count). The fraction of sp³-hybridized carbons (Fsp3) is 0.364. The van der Waals surface area contributed by atoms with Crippen LogP contribution in [-0.4, -0.2) is 45.7 Å². The number of carboxylic acids is 1. The molecular formula is C22H23Cl2NO5. The molecule has 0 radical (unpaired) electrons. The van der Waals surface area contributed by atoms with Crippen LogP contribution in [0.1, 0.15) is 43.0 Å². The lowest BCUT2D eigenvalue weighted by Gasteiger charge is -2.47. The number of amides is 1. The molecule has 4 atom stereocenters. The van der Waals surface area contributed by atoms with Gasteiger partial charge in [0, 0.05) is 10.0 Å². The van der Waals surface area contributed by atoms with Gasteiger partial charge in [0.15, 0.2) is 0 Å². The Hall–Kier alpha value is -2.12. The van der Waals surface area contributed by atoms with E-state index in [0.717, 1.165) is 5.56 Å². The lowest BCUT2D eigenvalue weighted by atomic mass is 9.89. The van der Waals surface area contributed by atoms with Crippen LogP contribution >= 0.6 is 23.2 Å². The Labute approximate surface area is 185 Å². The van der Waals surface area contributed by atoms with Crippen molar-refractivity contribution >= 4 is 35.1 Å².